The molecule has 1 aliphatic rings. The number of rotatable bonds is 7. The minimum atomic E-state index is 0.196. The molecule has 29 heavy (non-hydrogen) atoms. The number of nitrogens with one attached hydrogen (secondary N) is 2. The van der Waals surface area contributed by atoms with Crippen molar-refractivity contribution in [1.82, 2.24) is 19.7 Å². The number of methoxy groups -OCH3 is 1. The lowest BCUT2D eigenvalue weighted by Gasteiger charge is -2.14. The van der Waals surface area contributed by atoms with Crippen molar-refractivity contribution in [2.45, 2.75) is 18.9 Å². The highest BCUT2D eigenvalue weighted by Gasteiger charge is 2.16. The molecule has 0 amide bonds. The molecule has 0 saturated carbocycles. The number of ether oxygens (including phenoxy) is 2. The van der Waals surface area contributed by atoms with Crippen molar-refractivity contribution in [2.75, 3.05) is 30.9 Å². The van der Waals surface area contributed by atoms with Gasteiger partial charge in [-0.25, -0.2) is 4.98 Å². The van der Waals surface area contributed by atoms with Crippen LogP contribution in [0.4, 0.5) is 17.5 Å². The zero-order chi connectivity index (χ0) is 20.2. The summed E-state index contributed by atoms with van der Waals surface area (Å²) >= 11 is 6.24. The largest absolute Gasteiger partial charge is 0.496 e. The van der Waals surface area contributed by atoms with E-state index in [1.54, 1.807) is 24.2 Å². The molecule has 2 N–H and O–H groups in total. The Morgan fingerprint density at radius 2 is 2.24 bits per heavy atom. The van der Waals surface area contributed by atoms with E-state index in [0.29, 0.717) is 23.3 Å². The van der Waals surface area contributed by atoms with Gasteiger partial charge in [0.15, 0.2) is 5.82 Å². The van der Waals surface area contributed by atoms with E-state index in [0.717, 1.165) is 42.0 Å². The Morgan fingerprint density at radius 1 is 1.34 bits per heavy atom. The second kappa shape index (κ2) is 8.67. The summed E-state index contributed by atoms with van der Waals surface area (Å²) in [5, 5.41) is 11.1. The van der Waals surface area contributed by atoms with E-state index in [1.165, 1.54) is 0 Å². The monoisotopic (exact) mass is 414 g/mol. The molecule has 3 aromatic rings. The van der Waals surface area contributed by atoms with Crippen LogP contribution in [0.15, 0.2) is 36.8 Å². The minimum Gasteiger partial charge on any atom is -0.496 e. The number of aromatic nitrogens is 4. The highest BCUT2D eigenvalue weighted by Crippen LogP contribution is 2.33. The van der Waals surface area contributed by atoms with Crippen LogP contribution in [-0.4, -0.2) is 46.1 Å². The minimum absolute atomic E-state index is 0.196. The van der Waals surface area contributed by atoms with Crippen LogP contribution in [0.2, 0.25) is 5.02 Å². The van der Waals surface area contributed by atoms with Gasteiger partial charge in [0, 0.05) is 49.3 Å². The molecule has 4 rings (SSSR count). The van der Waals surface area contributed by atoms with Gasteiger partial charge in [0.2, 0.25) is 5.95 Å². The van der Waals surface area contributed by atoms with Crippen LogP contribution < -0.4 is 15.4 Å². The Labute approximate surface area is 174 Å². The van der Waals surface area contributed by atoms with Gasteiger partial charge in [-0.15, -0.1) is 0 Å². The van der Waals surface area contributed by atoms with Crippen molar-refractivity contribution in [1.29, 1.82) is 0 Å². The maximum Gasteiger partial charge on any atom is 0.229 e. The fraction of sp³-hybridized carbons (Fsp3) is 0.350. The third-order valence-electron chi connectivity index (χ3n) is 4.74. The predicted molar refractivity (Wildman–Crippen MR) is 113 cm³/mol. The Morgan fingerprint density at radius 3 is 2.97 bits per heavy atom. The molecule has 1 aliphatic heterocycles. The van der Waals surface area contributed by atoms with E-state index in [2.05, 4.69) is 25.7 Å². The average Bonchev–Trinajstić information content (AvgIpc) is 3.40. The second-order valence-electron chi connectivity index (χ2n) is 6.85. The number of hydrogen-bond donors (Lipinski definition) is 2. The topological polar surface area (TPSA) is 86.1 Å². The molecule has 3 heterocycles. The van der Waals surface area contributed by atoms with E-state index in [-0.39, 0.29) is 6.10 Å². The number of anilines is 3. The van der Waals surface area contributed by atoms with Crippen LogP contribution in [0.3, 0.4) is 0 Å². The maximum absolute atomic E-state index is 6.24. The van der Waals surface area contributed by atoms with Crippen molar-refractivity contribution < 1.29 is 9.47 Å². The van der Waals surface area contributed by atoms with Gasteiger partial charge in [0.1, 0.15) is 10.8 Å². The lowest BCUT2D eigenvalue weighted by Crippen LogP contribution is -2.19. The number of halogens is 1. The summed E-state index contributed by atoms with van der Waals surface area (Å²) in [4.78, 5) is 8.77. The van der Waals surface area contributed by atoms with Crippen LogP contribution in [-0.2, 0) is 11.8 Å². The fourth-order valence-electron chi connectivity index (χ4n) is 3.26. The van der Waals surface area contributed by atoms with Crippen molar-refractivity contribution in [3.8, 4) is 16.9 Å². The molecule has 1 atom stereocenters. The number of benzene rings is 1. The first kappa shape index (κ1) is 19.5. The zero-order valence-electron chi connectivity index (χ0n) is 16.4. The van der Waals surface area contributed by atoms with Crippen LogP contribution >= 0.6 is 11.6 Å². The summed E-state index contributed by atoms with van der Waals surface area (Å²) in [6.45, 7) is 1.48. The van der Waals surface area contributed by atoms with E-state index in [4.69, 9.17) is 21.1 Å². The van der Waals surface area contributed by atoms with E-state index < -0.39 is 0 Å². The molecule has 1 fully saturated rings. The van der Waals surface area contributed by atoms with Crippen molar-refractivity contribution >= 4 is 29.1 Å². The second-order valence-corrected chi connectivity index (χ2v) is 7.26. The molecule has 1 aromatic carbocycles. The lowest BCUT2D eigenvalue weighted by atomic mass is 10.1. The molecular formula is C20H23ClN6O2. The molecule has 0 spiro atoms. The van der Waals surface area contributed by atoms with Gasteiger partial charge >= 0.3 is 0 Å². The standard InChI is InChI=1S/C20H23ClN6O2/c1-27-12-13(9-24-27)16-6-5-14(8-18(16)28-2)25-20-23-11-17(21)19(26-20)22-10-15-4-3-7-29-15/h5-6,8-9,11-12,15H,3-4,7,10H2,1-2H3,(H2,22,23,25,26). The molecule has 9 heteroatoms. The normalized spacial score (nSPS) is 16.0. The van der Waals surface area contributed by atoms with Crippen molar-refractivity contribution in [2.24, 2.45) is 7.05 Å². The number of aryl methyl sites for hydroxylation is 1. The molecule has 0 bridgehead atoms. The first-order valence-corrected chi connectivity index (χ1v) is 9.82. The lowest BCUT2D eigenvalue weighted by molar-refractivity contribution is 0.120. The Hall–Kier alpha value is -2.84. The first-order valence-electron chi connectivity index (χ1n) is 9.44. The van der Waals surface area contributed by atoms with Crippen LogP contribution in [0.5, 0.6) is 5.75 Å². The third-order valence-corrected chi connectivity index (χ3v) is 5.02. The molecule has 152 valence electrons. The molecule has 0 aliphatic carbocycles. The Balaban J connectivity index is 1.50. The summed E-state index contributed by atoms with van der Waals surface area (Å²) in [5.41, 5.74) is 2.75. The first-order chi connectivity index (χ1) is 14.1. The van der Waals surface area contributed by atoms with Gasteiger partial charge in [0.05, 0.1) is 25.6 Å². The van der Waals surface area contributed by atoms with Crippen LogP contribution in [0, 0.1) is 0 Å². The molecule has 1 saturated heterocycles. The smallest absolute Gasteiger partial charge is 0.229 e. The predicted octanol–water partition coefficient (Wildman–Crippen LogP) is 3.87. The Bertz CT molecular complexity index is 987. The summed E-state index contributed by atoms with van der Waals surface area (Å²) in [6, 6.07) is 5.83. The van der Waals surface area contributed by atoms with Gasteiger partial charge in [-0.05, 0) is 25.0 Å². The fourth-order valence-corrected chi connectivity index (χ4v) is 3.42. The maximum atomic E-state index is 6.24. The summed E-state index contributed by atoms with van der Waals surface area (Å²) in [5.74, 6) is 1.76. The van der Waals surface area contributed by atoms with Crippen LogP contribution in [0.1, 0.15) is 12.8 Å². The highest BCUT2D eigenvalue weighted by molar-refractivity contribution is 6.32. The van der Waals surface area contributed by atoms with Gasteiger partial charge in [-0.3, -0.25) is 4.68 Å². The highest BCUT2D eigenvalue weighted by atomic mass is 35.5. The van der Waals surface area contributed by atoms with Crippen molar-refractivity contribution in [3.05, 3.63) is 41.8 Å². The van der Waals surface area contributed by atoms with Crippen molar-refractivity contribution in [3.63, 3.8) is 0 Å². The average molecular weight is 415 g/mol. The molecule has 0 radical (unpaired) electrons. The van der Waals surface area contributed by atoms with Gasteiger partial charge in [0.25, 0.3) is 0 Å². The number of nitrogens with zero attached hydrogens (tertiary/aromatic N) is 4. The van der Waals surface area contributed by atoms with Gasteiger partial charge < -0.3 is 20.1 Å². The zero-order valence-corrected chi connectivity index (χ0v) is 17.1. The van der Waals surface area contributed by atoms with Gasteiger partial charge in [-0.1, -0.05) is 11.6 Å². The van der Waals surface area contributed by atoms with E-state index >= 15 is 0 Å². The summed E-state index contributed by atoms with van der Waals surface area (Å²) in [7, 11) is 3.53. The molecule has 1 unspecified atom stereocenters. The van der Waals surface area contributed by atoms with E-state index in [1.807, 2.05) is 31.4 Å². The third kappa shape index (κ3) is 4.60. The Kier molecular flexibility index (Phi) is 5.82. The molecular weight excluding hydrogens is 392 g/mol. The van der Waals surface area contributed by atoms with Gasteiger partial charge in [-0.2, -0.15) is 10.1 Å². The summed E-state index contributed by atoms with van der Waals surface area (Å²) in [6.07, 6.45) is 7.66. The molecule has 2 aromatic heterocycles. The quantitative estimate of drug-likeness (QED) is 0.606. The number of hydrogen-bond acceptors (Lipinski definition) is 7. The van der Waals surface area contributed by atoms with E-state index in [9.17, 15) is 0 Å². The molecule has 8 nitrogen and oxygen atoms in total. The summed E-state index contributed by atoms with van der Waals surface area (Å²) < 4.78 is 12.9. The SMILES string of the molecule is COc1cc(Nc2ncc(Cl)c(NCC3CCCO3)n2)ccc1-c1cnn(C)c1. The van der Waals surface area contributed by atoms with Crippen LogP contribution in [0.25, 0.3) is 11.1 Å².